The highest BCUT2D eigenvalue weighted by Crippen LogP contribution is 2.73. The normalized spacial score (nSPS) is 56.0. The fourth-order valence-corrected chi connectivity index (χ4v) is 6.69. The average Bonchev–Trinajstić information content (AvgIpc) is 2.08. The fraction of sp³-hybridized carbons (Fsp3) is 0.929. The first-order chi connectivity index (χ1) is 7.72. The van der Waals surface area contributed by atoms with Gasteiger partial charge in [0.25, 0.3) is 0 Å². The van der Waals surface area contributed by atoms with Gasteiger partial charge in [0.05, 0.1) is 5.41 Å². The van der Waals surface area contributed by atoms with Gasteiger partial charge >= 0.3 is 0 Å². The lowest BCUT2D eigenvalue weighted by Crippen LogP contribution is -2.63. The molecule has 1 amide bonds. The Morgan fingerprint density at radius 1 is 0.882 bits per heavy atom. The van der Waals surface area contributed by atoms with Crippen molar-refractivity contribution in [2.45, 2.75) is 59.3 Å². The van der Waals surface area contributed by atoms with Crippen LogP contribution in [0.5, 0.6) is 0 Å². The van der Waals surface area contributed by atoms with Crippen molar-refractivity contribution in [1.82, 2.24) is 5.43 Å². The smallest absolute Gasteiger partial charge is 0.240 e. The van der Waals surface area contributed by atoms with Gasteiger partial charge in [-0.2, -0.15) is 0 Å². The van der Waals surface area contributed by atoms with E-state index in [0.29, 0.717) is 16.2 Å². The third-order valence-electron chi connectivity index (χ3n) is 5.47. The maximum absolute atomic E-state index is 12.3. The van der Waals surface area contributed by atoms with E-state index in [1.807, 2.05) is 0 Å². The van der Waals surface area contributed by atoms with Crippen molar-refractivity contribution < 1.29 is 4.79 Å². The summed E-state index contributed by atoms with van der Waals surface area (Å²) in [6, 6.07) is 0. The third-order valence-corrected chi connectivity index (χ3v) is 5.47. The van der Waals surface area contributed by atoms with Crippen LogP contribution in [0.2, 0.25) is 0 Å². The number of carbonyl (C=O) groups excluding carboxylic acids is 1. The predicted molar refractivity (Wildman–Crippen MR) is 66.8 cm³/mol. The van der Waals surface area contributed by atoms with Crippen LogP contribution in [0.25, 0.3) is 0 Å². The first kappa shape index (κ1) is 11.5. The minimum Gasteiger partial charge on any atom is -0.294 e. The summed E-state index contributed by atoms with van der Waals surface area (Å²) in [7, 11) is 0. The molecule has 0 unspecified atom stereocenters. The molecule has 4 rings (SSSR count). The molecule has 4 fully saturated rings. The van der Waals surface area contributed by atoms with Gasteiger partial charge < -0.3 is 0 Å². The lowest BCUT2D eigenvalue weighted by atomic mass is 9.36. The van der Waals surface area contributed by atoms with Crippen LogP contribution in [-0.4, -0.2) is 5.91 Å². The molecule has 4 bridgehead atoms. The van der Waals surface area contributed by atoms with Crippen LogP contribution in [0.3, 0.4) is 0 Å². The molecule has 0 radical (unpaired) electrons. The van der Waals surface area contributed by atoms with Crippen LogP contribution < -0.4 is 11.3 Å². The predicted octanol–water partition coefficient (Wildman–Crippen LogP) is 2.36. The summed E-state index contributed by atoms with van der Waals surface area (Å²) in [6.45, 7) is 7.12. The molecule has 0 aliphatic heterocycles. The van der Waals surface area contributed by atoms with Crippen LogP contribution >= 0.6 is 0 Å². The maximum atomic E-state index is 12.3. The zero-order chi connectivity index (χ0) is 12.5. The molecule has 0 atom stereocenters. The Morgan fingerprint density at radius 2 is 1.24 bits per heavy atom. The molecule has 0 spiro atoms. The minimum atomic E-state index is -0.179. The molecule has 3 heteroatoms. The van der Waals surface area contributed by atoms with Crippen molar-refractivity contribution in [1.29, 1.82) is 0 Å². The van der Waals surface area contributed by atoms with Crippen LogP contribution in [0.1, 0.15) is 59.3 Å². The van der Waals surface area contributed by atoms with E-state index < -0.39 is 0 Å². The highest BCUT2D eigenvalue weighted by Gasteiger charge is 2.66. The fourth-order valence-electron chi connectivity index (χ4n) is 6.69. The van der Waals surface area contributed by atoms with Crippen LogP contribution in [0.15, 0.2) is 0 Å². The number of amides is 1. The van der Waals surface area contributed by atoms with E-state index in [9.17, 15) is 4.79 Å². The Morgan fingerprint density at radius 3 is 1.53 bits per heavy atom. The molecule has 4 saturated carbocycles. The summed E-state index contributed by atoms with van der Waals surface area (Å²) >= 11 is 0. The Balaban J connectivity index is 2.07. The second-order valence-electron chi connectivity index (χ2n) is 8.25. The van der Waals surface area contributed by atoms with Gasteiger partial charge in [-0.3, -0.25) is 10.2 Å². The summed E-state index contributed by atoms with van der Waals surface area (Å²) in [5, 5.41) is 0. The molecule has 0 aromatic rings. The van der Waals surface area contributed by atoms with Gasteiger partial charge in [0.2, 0.25) is 5.91 Å². The minimum absolute atomic E-state index is 0.0836. The van der Waals surface area contributed by atoms with Crippen molar-refractivity contribution in [2.75, 3.05) is 0 Å². The molecule has 3 N–H and O–H groups in total. The van der Waals surface area contributed by atoms with Crippen molar-refractivity contribution >= 4 is 5.91 Å². The average molecular weight is 236 g/mol. The van der Waals surface area contributed by atoms with Crippen molar-refractivity contribution in [3.05, 3.63) is 0 Å². The summed E-state index contributed by atoms with van der Waals surface area (Å²) in [4.78, 5) is 12.3. The van der Waals surface area contributed by atoms with E-state index >= 15 is 0 Å². The van der Waals surface area contributed by atoms with E-state index in [1.165, 1.54) is 19.3 Å². The number of hydrogen-bond acceptors (Lipinski definition) is 2. The van der Waals surface area contributed by atoms with Crippen molar-refractivity contribution in [3.8, 4) is 0 Å². The summed E-state index contributed by atoms with van der Waals surface area (Å²) in [5.41, 5.74) is 3.31. The quantitative estimate of drug-likeness (QED) is 0.417. The van der Waals surface area contributed by atoms with E-state index in [4.69, 9.17) is 5.84 Å². The van der Waals surface area contributed by atoms with Crippen LogP contribution in [-0.2, 0) is 4.79 Å². The Labute approximate surface area is 103 Å². The van der Waals surface area contributed by atoms with Gasteiger partial charge in [-0.15, -0.1) is 0 Å². The zero-order valence-corrected chi connectivity index (χ0v) is 11.2. The molecule has 17 heavy (non-hydrogen) atoms. The second-order valence-corrected chi connectivity index (χ2v) is 8.25. The lowest BCUT2D eigenvalue weighted by molar-refractivity contribution is -0.191. The molecular formula is C14H24N2O. The summed E-state index contributed by atoms with van der Waals surface area (Å²) in [5.74, 6) is 5.51. The molecule has 0 aromatic carbocycles. The third kappa shape index (κ3) is 1.48. The second kappa shape index (κ2) is 2.87. The molecule has 0 aromatic heterocycles. The highest BCUT2D eigenvalue weighted by molar-refractivity contribution is 5.83. The zero-order valence-electron chi connectivity index (χ0n) is 11.2. The van der Waals surface area contributed by atoms with E-state index in [-0.39, 0.29) is 11.3 Å². The Kier molecular flexibility index (Phi) is 1.95. The molecule has 0 saturated heterocycles. The number of hydrazine groups is 1. The first-order valence-electron chi connectivity index (χ1n) is 6.74. The van der Waals surface area contributed by atoms with Crippen LogP contribution in [0.4, 0.5) is 0 Å². The molecule has 4 aliphatic carbocycles. The topological polar surface area (TPSA) is 55.1 Å². The number of rotatable bonds is 1. The van der Waals surface area contributed by atoms with E-state index in [1.54, 1.807) is 0 Å². The number of carbonyl (C=O) groups is 1. The number of nitrogens with two attached hydrogens (primary N) is 1. The van der Waals surface area contributed by atoms with Crippen molar-refractivity contribution in [2.24, 2.45) is 27.5 Å². The van der Waals surface area contributed by atoms with Gasteiger partial charge in [-0.1, -0.05) is 20.8 Å². The number of hydrogen-bond donors (Lipinski definition) is 2. The Bertz CT molecular complexity index is 336. The van der Waals surface area contributed by atoms with Gasteiger partial charge in [0, 0.05) is 0 Å². The van der Waals surface area contributed by atoms with Gasteiger partial charge in [0.1, 0.15) is 0 Å². The maximum Gasteiger partial charge on any atom is 0.240 e. The Hall–Kier alpha value is -0.570. The van der Waals surface area contributed by atoms with Crippen molar-refractivity contribution in [3.63, 3.8) is 0 Å². The lowest BCUT2D eigenvalue weighted by Gasteiger charge is -2.68. The SMILES string of the molecule is CC12CC3(C)CC(C)(C1)CC(C(=O)NN)(C2)C3. The summed E-state index contributed by atoms with van der Waals surface area (Å²) < 4.78 is 0. The van der Waals surface area contributed by atoms with Gasteiger partial charge in [0.15, 0.2) is 0 Å². The first-order valence-corrected chi connectivity index (χ1v) is 6.74. The summed E-state index contributed by atoms with van der Waals surface area (Å²) in [6.07, 6.45) is 6.97. The van der Waals surface area contributed by atoms with Gasteiger partial charge in [-0.05, 0) is 54.8 Å². The standard InChI is InChI=1S/C14H24N2O/c1-11-4-12(2)6-13(3,5-11)9-14(7-11,8-12)10(17)16-15/h4-9,15H2,1-3H3,(H,16,17). The largest absolute Gasteiger partial charge is 0.294 e. The van der Waals surface area contributed by atoms with Gasteiger partial charge in [-0.25, -0.2) is 5.84 Å². The molecule has 4 aliphatic rings. The highest BCUT2D eigenvalue weighted by atomic mass is 16.2. The molecule has 3 nitrogen and oxygen atoms in total. The van der Waals surface area contributed by atoms with Crippen LogP contribution in [0, 0.1) is 21.7 Å². The number of nitrogens with one attached hydrogen (secondary N) is 1. The molecule has 96 valence electrons. The monoisotopic (exact) mass is 236 g/mol. The van der Waals surface area contributed by atoms with E-state index in [2.05, 4.69) is 26.2 Å². The molecular weight excluding hydrogens is 212 g/mol. The molecule has 0 heterocycles. The van der Waals surface area contributed by atoms with E-state index in [0.717, 1.165) is 19.3 Å².